The van der Waals surface area contributed by atoms with Gasteiger partial charge in [0.1, 0.15) is 11.3 Å². The lowest BCUT2D eigenvalue weighted by Gasteiger charge is -2.22. The van der Waals surface area contributed by atoms with Crippen molar-refractivity contribution in [2.45, 2.75) is 45.6 Å². The molecule has 1 aliphatic rings. The molecule has 10 heteroatoms. The average Bonchev–Trinajstić information content (AvgIpc) is 2.99. The van der Waals surface area contributed by atoms with Crippen LogP contribution >= 0.6 is 0 Å². The number of ether oxygens (including phenoxy) is 1. The highest BCUT2D eigenvalue weighted by molar-refractivity contribution is 6.04. The number of nitro groups is 2. The van der Waals surface area contributed by atoms with Gasteiger partial charge in [-0.2, -0.15) is 5.10 Å². The first-order chi connectivity index (χ1) is 12.1. The number of nitro benzene ring substituents is 2. The Morgan fingerprint density at radius 2 is 1.96 bits per heavy atom. The Balaban J connectivity index is 2.21. The second-order valence-corrected chi connectivity index (χ2v) is 6.91. The molecule has 10 nitrogen and oxygen atoms in total. The van der Waals surface area contributed by atoms with E-state index in [0.717, 1.165) is 18.6 Å². The van der Waals surface area contributed by atoms with Crippen LogP contribution in [0.25, 0.3) is 0 Å². The molecular weight excluding hydrogens is 344 g/mol. The fourth-order valence-electron chi connectivity index (χ4n) is 2.60. The number of esters is 1. The van der Waals surface area contributed by atoms with Crippen molar-refractivity contribution in [1.29, 1.82) is 0 Å². The predicted octanol–water partition coefficient (Wildman–Crippen LogP) is 3.41. The van der Waals surface area contributed by atoms with Gasteiger partial charge in [0, 0.05) is 6.07 Å². The first-order valence-corrected chi connectivity index (χ1v) is 8.06. The van der Waals surface area contributed by atoms with E-state index in [2.05, 4.69) is 10.5 Å². The molecule has 1 N–H and O–H groups in total. The van der Waals surface area contributed by atoms with Crippen LogP contribution < -0.4 is 5.43 Å². The lowest BCUT2D eigenvalue weighted by molar-refractivity contribution is -0.393. The van der Waals surface area contributed by atoms with Crippen LogP contribution in [-0.2, 0) is 9.53 Å². The zero-order valence-electron chi connectivity index (χ0n) is 14.7. The van der Waals surface area contributed by atoms with Gasteiger partial charge >= 0.3 is 11.7 Å². The Morgan fingerprint density at radius 1 is 1.27 bits per heavy atom. The Labute approximate surface area is 149 Å². The number of carbonyl (C=O) groups is 1. The third-order valence-corrected chi connectivity index (χ3v) is 3.73. The Kier molecular flexibility index (Phi) is 5.53. The van der Waals surface area contributed by atoms with Gasteiger partial charge in [-0.25, -0.2) is 0 Å². The smallest absolute Gasteiger partial charge is 0.315 e. The Hall–Kier alpha value is -3.04. The highest BCUT2D eigenvalue weighted by Crippen LogP contribution is 2.30. The maximum absolute atomic E-state index is 12.3. The van der Waals surface area contributed by atoms with Gasteiger partial charge in [0.15, 0.2) is 0 Å². The van der Waals surface area contributed by atoms with E-state index < -0.39 is 27.1 Å². The molecule has 1 unspecified atom stereocenters. The van der Waals surface area contributed by atoms with Crippen molar-refractivity contribution >= 4 is 28.7 Å². The molecule has 0 saturated heterocycles. The largest absolute Gasteiger partial charge is 0.459 e. The van der Waals surface area contributed by atoms with Crippen LogP contribution in [0, 0.1) is 26.1 Å². The number of benzene rings is 1. The van der Waals surface area contributed by atoms with Crippen molar-refractivity contribution in [3.8, 4) is 0 Å². The van der Waals surface area contributed by atoms with E-state index in [1.54, 1.807) is 20.8 Å². The van der Waals surface area contributed by atoms with Crippen LogP contribution in [0.1, 0.15) is 40.0 Å². The molecule has 0 aromatic heterocycles. The van der Waals surface area contributed by atoms with Gasteiger partial charge in [-0.05, 0) is 46.1 Å². The zero-order valence-corrected chi connectivity index (χ0v) is 14.7. The molecule has 1 aromatic rings. The first kappa shape index (κ1) is 19.3. The number of anilines is 1. The average molecular weight is 364 g/mol. The molecule has 0 aliphatic heterocycles. The number of nitrogens with zero attached hydrogens (tertiary/aromatic N) is 3. The number of hydrogen-bond donors (Lipinski definition) is 1. The van der Waals surface area contributed by atoms with Gasteiger partial charge < -0.3 is 4.74 Å². The van der Waals surface area contributed by atoms with Crippen LogP contribution in [0.4, 0.5) is 17.1 Å². The highest BCUT2D eigenvalue weighted by atomic mass is 16.6. The summed E-state index contributed by atoms with van der Waals surface area (Å²) in [6.07, 6.45) is 1.92. The number of hydrazone groups is 1. The third kappa shape index (κ3) is 4.74. The summed E-state index contributed by atoms with van der Waals surface area (Å²) in [5.41, 5.74) is 1.67. The predicted molar refractivity (Wildman–Crippen MR) is 94.0 cm³/mol. The van der Waals surface area contributed by atoms with E-state index in [9.17, 15) is 25.0 Å². The quantitative estimate of drug-likeness (QED) is 0.480. The van der Waals surface area contributed by atoms with E-state index in [1.807, 2.05) is 0 Å². The number of hydrogen-bond acceptors (Lipinski definition) is 8. The molecule has 0 heterocycles. The molecule has 0 bridgehead atoms. The summed E-state index contributed by atoms with van der Waals surface area (Å²) in [6, 6.07) is 3.23. The normalized spacial score (nSPS) is 18.6. The summed E-state index contributed by atoms with van der Waals surface area (Å²) >= 11 is 0. The van der Waals surface area contributed by atoms with E-state index in [0.29, 0.717) is 18.6 Å². The summed E-state index contributed by atoms with van der Waals surface area (Å²) < 4.78 is 5.38. The van der Waals surface area contributed by atoms with Crippen molar-refractivity contribution in [2.24, 2.45) is 11.0 Å². The molecule has 0 amide bonds. The van der Waals surface area contributed by atoms with Crippen LogP contribution in [0.3, 0.4) is 0 Å². The second kappa shape index (κ2) is 7.46. The monoisotopic (exact) mass is 364 g/mol. The molecule has 1 atom stereocenters. The molecular formula is C16H20N4O6. The maximum atomic E-state index is 12.3. The van der Waals surface area contributed by atoms with E-state index in [-0.39, 0.29) is 17.3 Å². The van der Waals surface area contributed by atoms with Gasteiger partial charge in [-0.3, -0.25) is 30.4 Å². The van der Waals surface area contributed by atoms with Gasteiger partial charge in [0.2, 0.25) is 0 Å². The van der Waals surface area contributed by atoms with Gasteiger partial charge in [0.25, 0.3) is 5.69 Å². The summed E-state index contributed by atoms with van der Waals surface area (Å²) in [6.45, 7) is 5.32. The Bertz CT molecular complexity index is 768. The molecule has 2 rings (SSSR count). The van der Waals surface area contributed by atoms with Crippen molar-refractivity contribution < 1.29 is 19.4 Å². The van der Waals surface area contributed by atoms with Crippen LogP contribution in [-0.4, -0.2) is 27.1 Å². The molecule has 0 spiro atoms. The fourth-order valence-corrected chi connectivity index (χ4v) is 2.60. The molecule has 0 radical (unpaired) electrons. The van der Waals surface area contributed by atoms with Gasteiger partial charge in [0.05, 0.1) is 27.5 Å². The second-order valence-electron chi connectivity index (χ2n) is 6.91. The topological polar surface area (TPSA) is 137 Å². The van der Waals surface area contributed by atoms with Crippen molar-refractivity contribution in [2.75, 3.05) is 5.43 Å². The minimum absolute atomic E-state index is 0.0166. The van der Waals surface area contributed by atoms with E-state index in [4.69, 9.17) is 4.74 Å². The standard InChI is InChI=1S/C16H20N4O6/c1-16(2,3)26-15(21)11-5-4-6-12(11)17-18-13-8-7-10(19(22)23)9-14(13)20(24)25/h7-9,11,18H,4-6H2,1-3H3/b17-12+. The number of non-ortho nitro benzene ring substituents is 1. The number of rotatable bonds is 5. The minimum atomic E-state index is -0.727. The molecule has 140 valence electrons. The highest BCUT2D eigenvalue weighted by Gasteiger charge is 2.33. The van der Waals surface area contributed by atoms with E-state index >= 15 is 0 Å². The molecule has 1 aliphatic carbocycles. The van der Waals surface area contributed by atoms with E-state index in [1.165, 1.54) is 6.07 Å². The first-order valence-electron chi connectivity index (χ1n) is 8.06. The lowest BCUT2D eigenvalue weighted by Crippen LogP contribution is -2.30. The van der Waals surface area contributed by atoms with Crippen LogP contribution in [0.15, 0.2) is 23.3 Å². The summed E-state index contributed by atoms with van der Waals surface area (Å²) in [5.74, 6) is -0.882. The zero-order chi connectivity index (χ0) is 19.5. The SMILES string of the molecule is CC(C)(C)OC(=O)C1CCC/C1=N\Nc1ccc([N+](=O)[O-])cc1[N+](=O)[O-]. The molecule has 26 heavy (non-hydrogen) atoms. The molecule has 1 aromatic carbocycles. The van der Waals surface area contributed by atoms with Crippen molar-refractivity contribution in [1.82, 2.24) is 0 Å². The lowest BCUT2D eigenvalue weighted by atomic mass is 10.1. The van der Waals surface area contributed by atoms with Crippen molar-refractivity contribution in [3.05, 3.63) is 38.4 Å². The summed E-state index contributed by atoms with van der Waals surface area (Å²) in [7, 11) is 0. The van der Waals surface area contributed by atoms with Crippen LogP contribution in [0.5, 0.6) is 0 Å². The van der Waals surface area contributed by atoms with Crippen LogP contribution in [0.2, 0.25) is 0 Å². The molecule has 1 fully saturated rings. The fraction of sp³-hybridized carbons (Fsp3) is 0.500. The minimum Gasteiger partial charge on any atom is -0.459 e. The summed E-state index contributed by atoms with van der Waals surface area (Å²) in [5, 5.41) is 26.0. The Morgan fingerprint density at radius 3 is 2.54 bits per heavy atom. The molecule has 1 saturated carbocycles. The van der Waals surface area contributed by atoms with Gasteiger partial charge in [-0.1, -0.05) is 0 Å². The maximum Gasteiger partial charge on any atom is 0.315 e. The third-order valence-electron chi connectivity index (χ3n) is 3.73. The number of carbonyl (C=O) groups excluding carboxylic acids is 1. The van der Waals surface area contributed by atoms with Crippen molar-refractivity contribution in [3.63, 3.8) is 0 Å². The summed E-state index contributed by atoms with van der Waals surface area (Å²) in [4.78, 5) is 32.7. The number of nitrogens with one attached hydrogen (secondary N) is 1. The van der Waals surface area contributed by atoms with Gasteiger partial charge in [-0.15, -0.1) is 0 Å².